The molecule has 2 aromatic rings. The summed E-state index contributed by atoms with van der Waals surface area (Å²) < 4.78 is 0. The largest absolute Gasteiger partial charge is 0.349 e. The van der Waals surface area contributed by atoms with Crippen LogP contribution in [0.3, 0.4) is 0 Å². The Morgan fingerprint density at radius 1 is 0.955 bits per heavy atom. The van der Waals surface area contributed by atoms with Crippen LogP contribution in [0.2, 0.25) is 0 Å². The van der Waals surface area contributed by atoms with Crippen LogP contribution in [0, 0.1) is 0 Å². The zero-order valence-electron chi connectivity index (χ0n) is 12.4. The Bertz CT molecular complexity index is 657. The van der Waals surface area contributed by atoms with Crippen molar-refractivity contribution in [2.75, 3.05) is 0 Å². The van der Waals surface area contributed by atoms with E-state index < -0.39 is 0 Å². The molecule has 0 radical (unpaired) electrons. The molecule has 1 amide bonds. The average Bonchev–Trinajstić information content (AvgIpc) is 3.09. The fourth-order valence-corrected chi connectivity index (χ4v) is 3.61. The fourth-order valence-electron chi connectivity index (χ4n) is 2.93. The molecular weight excluding hydrogens is 294 g/mol. The van der Waals surface area contributed by atoms with E-state index in [2.05, 4.69) is 5.32 Å². The molecule has 0 atom stereocenters. The topological polar surface area (TPSA) is 46.2 Å². The molecule has 0 unspecified atom stereocenters. The standard InChI is InChI=1S/C18H19NO2S/c20-17(16-11-6-12-22-16)14-9-4-5-10-15(14)18(21)19-13-7-2-1-3-8-13/h4-6,9-13H,1-3,7-8H2,(H,19,21). The van der Waals surface area contributed by atoms with E-state index in [1.165, 1.54) is 30.6 Å². The van der Waals surface area contributed by atoms with Gasteiger partial charge in [0.1, 0.15) is 0 Å². The molecule has 0 bridgehead atoms. The number of hydrogen-bond acceptors (Lipinski definition) is 3. The molecule has 0 saturated heterocycles. The van der Waals surface area contributed by atoms with Gasteiger partial charge in [0.15, 0.2) is 0 Å². The summed E-state index contributed by atoms with van der Waals surface area (Å²) in [6, 6.07) is 11.0. The van der Waals surface area contributed by atoms with Gasteiger partial charge in [-0.15, -0.1) is 11.3 Å². The van der Waals surface area contributed by atoms with Crippen LogP contribution in [-0.4, -0.2) is 17.7 Å². The molecule has 22 heavy (non-hydrogen) atoms. The first kappa shape index (κ1) is 15.0. The number of carbonyl (C=O) groups excluding carboxylic acids is 2. The Morgan fingerprint density at radius 3 is 2.36 bits per heavy atom. The summed E-state index contributed by atoms with van der Waals surface area (Å²) >= 11 is 1.40. The van der Waals surface area contributed by atoms with Gasteiger partial charge < -0.3 is 5.32 Å². The summed E-state index contributed by atoms with van der Waals surface area (Å²) in [6.07, 6.45) is 5.65. The first-order valence-corrected chi connectivity index (χ1v) is 8.62. The van der Waals surface area contributed by atoms with Crippen LogP contribution in [0.4, 0.5) is 0 Å². The maximum atomic E-state index is 12.6. The van der Waals surface area contributed by atoms with Crippen molar-refractivity contribution in [1.82, 2.24) is 5.32 Å². The Balaban J connectivity index is 1.81. The second kappa shape index (κ2) is 6.88. The lowest BCUT2D eigenvalue weighted by Gasteiger charge is -2.23. The van der Waals surface area contributed by atoms with Gasteiger partial charge in [0, 0.05) is 11.6 Å². The van der Waals surface area contributed by atoms with Gasteiger partial charge in [-0.3, -0.25) is 9.59 Å². The molecule has 1 aliphatic rings. The van der Waals surface area contributed by atoms with E-state index >= 15 is 0 Å². The molecule has 4 heteroatoms. The smallest absolute Gasteiger partial charge is 0.252 e. The number of rotatable bonds is 4. The lowest BCUT2D eigenvalue weighted by molar-refractivity contribution is 0.0918. The van der Waals surface area contributed by atoms with Gasteiger partial charge >= 0.3 is 0 Å². The third-order valence-corrected chi connectivity index (χ3v) is 4.97. The highest BCUT2D eigenvalue weighted by atomic mass is 32.1. The quantitative estimate of drug-likeness (QED) is 0.866. The maximum absolute atomic E-state index is 12.6. The molecule has 1 fully saturated rings. The summed E-state index contributed by atoms with van der Waals surface area (Å²) in [4.78, 5) is 25.8. The molecule has 1 aromatic carbocycles. The van der Waals surface area contributed by atoms with Gasteiger partial charge in [-0.1, -0.05) is 43.5 Å². The van der Waals surface area contributed by atoms with Crippen molar-refractivity contribution in [1.29, 1.82) is 0 Å². The Labute approximate surface area is 134 Å². The molecule has 1 heterocycles. The molecule has 1 aromatic heterocycles. The van der Waals surface area contributed by atoms with Crippen molar-refractivity contribution in [2.24, 2.45) is 0 Å². The van der Waals surface area contributed by atoms with Crippen molar-refractivity contribution in [3.8, 4) is 0 Å². The molecule has 1 saturated carbocycles. The molecule has 0 spiro atoms. The van der Waals surface area contributed by atoms with E-state index in [-0.39, 0.29) is 17.7 Å². The average molecular weight is 313 g/mol. The summed E-state index contributed by atoms with van der Waals surface area (Å²) in [5, 5.41) is 4.96. The number of ketones is 1. The monoisotopic (exact) mass is 313 g/mol. The van der Waals surface area contributed by atoms with Gasteiger partial charge in [-0.2, -0.15) is 0 Å². The molecule has 3 rings (SSSR count). The van der Waals surface area contributed by atoms with Gasteiger partial charge in [-0.25, -0.2) is 0 Å². The minimum Gasteiger partial charge on any atom is -0.349 e. The third kappa shape index (κ3) is 3.28. The van der Waals surface area contributed by atoms with Crippen LogP contribution in [0.1, 0.15) is 57.7 Å². The predicted molar refractivity (Wildman–Crippen MR) is 88.5 cm³/mol. The first-order valence-electron chi connectivity index (χ1n) is 7.74. The molecule has 1 N–H and O–H groups in total. The van der Waals surface area contributed by atoms with Gasteiger partial charge in [0.25, 0.3) is 5.91 Å². The normalized spacial score (nSPS) is 15.5. The van der Waals surface area contributed by atoms with Crippen molar-refractivity contribution in [2.45, 2.75) is 38.1 Å². The van der Waals surface area contributed by atoms with Crippen LogP contribution in [-0.2, 0) is 0 Å². The van der Waals surface area contributed by atoms with Gasteiger partial charge in [-0.05, 0) is 30.4 Å². The minimum atomic E-state index is -0.132. The number of hydrogen-bond donors (Lipinski definition) is 1. The Morgan fingerprint density at radius 2 is 1.68 bits per heavy atom. The van der Waals surface area contributed by atoms with E-state index in [9.17, 15) is 9.59 Å². The van der Waals surface area contributed by atoms with E-state index in [1.54, 1.807) is 30.3 Å². The first-order chi connectivity index (χ1) is 10.8. The predicted octanol–water partition coefficient (Wildman–Crippen LogP) is 4.04. The lowest BCUT2D eigenvalue weighted by atomic mass is 9.94. The highest BCUT2D eigenvalue weighted by Gasteiger charge is 2.21. The Hall–Kier alpha value is -1.94. The number of nitrogens with one attached hydrogen (secondary N) is 1. The van der Waals surface area contributed by atoms with Crippen molar-refractivity contribution >= 4 is 23.0 Å². The highest BCUT2D eigenvalue weighted by Crippen LogP contribution is 2.21. The van der Waals surface area contributed by atoms with Crippen LogP contribution in [0.25, 0.3) is 0 Å². The van der Waals surface area contributed by atoms with Crippen molar-refractivity contribution in [3.05, 3.63) is 57.8 Å². The van der Waals surface area contributed by atoms with E-state index in [1.807, 2.05) is 11.4 Å². The molecular formula is C18H19NO2S. The van der Waals surface area contributed by atoms with Crippen molar-refractivity contribution in [3.63, 3.8) is 0 Å². The van der Waals surface area contributed by atoms with Gasteiger partial charge in [0.2, 0.25) is 5.78 Å². The van der Waals surface area contributed by atoms with E-state index in [4.69, 9.17) is 0 Å². The lowest BCUT2D eigenvalue weighted by Crippen LogP contribution is -2.36. The SMILES string of the molecule is O=C(NC1CCCCC1)c1ccccc1C(=O)c1cccs1. The number of carbonyl (C=O) groups is 2. The van der Waals surface area contributed by atoms with Crippen LogP contribution < -0.4 is 5.32 Å². The summed E-state index contributed by atoms with van der Waals surface area (Å²) in [7, 11) is 0. The van der Waals surface area contributed by atoms with Crippen molar-refractivity contribution < 1.29 is 9.59 Å². The van der Waals surface area contributed by atoms with Gasteiger partial charge in [0.05, 0.1) is 10.4 Å². The minimum absolute atomic E-state index is 0.0793. The second-order valence-corrected chi connectivity index (χ2v) is 6.61. The maximum Gasteiger partial charge on any atom is 0.252 e. The zero-order valence-corrected chi connectivity index (χ0v) is 13.2. The molecule has 1 aliphatic carbocycles. The molecule has 0 aliphatic heterocycles. The summed E-state index contributed by atoms with van der Waals surface area (Å²) in [6.45, 7) is 0. The van der Waals surface area contributed by atoms with E-state index in [0.29, 0.717) is 16.0 Å². The fraction of sp³-hybridized carbons (Fsp3) is 0.333. The molecule has 114 valence electrons. The second-order valence-electron chi connectivity index (χ2n) is 5.66. The van der Waals surface area contributed by atoms with Crippen LogP contribution >= 0.6 is 11.3 Å². The number of thiophene rings is 1. The zero-order chi connectivity index (χ0) is 15.4. The highest BCUT2D eigenvalue weighted by molar-refractivity contribution is 7.12. The van der Waals surface area contributed by atoms with E-state index in [0.717, 1.165) is 12.8 Å². The number of benzene rings is 1. The Kier molecular flexibility index (Phi) is 4.68. The van der Waals surface area contributed by atoms with Crippen LogP contribution in [0.15, 0.2) is 41.8 Å². The van der Waals surface area contributed by atoms with Crippen LogP contribution in [0.5, 0.6) is 0 Å². The third-order valence-electron chi connectivity index (χ3n) is 4.10. The number of amides is 1. The summed E-state index contributed by atoms with van der Waals surface area (Å²) in [5.41, 5.74) is 0.963. The molecule has 3 nitrogen and oxygen atoms in total. The summed E-state index contributed by atoms with van der Waals surface area (Å²) in [5.74, 6) is -0.211.